The van der Waals surface area contributed by atoms with E-state index >= 15 is 0 Å². The lowest BCUT2D eigenvalue weighted by Crippen LogP contribution is -2.51. The van der Waals surface area contributed by atoms with Crippen LogP contribution in [-0.2, 0) is 14.0 Å². The first kappa shape index (κ1) is 24.2. The van der Waals surface area contributed by atoms with Gasteiger partial charge in [-0.2, -0.15) is 0 Å². The van der Waals surface area contributed by atoms with Crippen LogP contribution in [0.15, 0.2) is 24.3 Å². The lowest BCUT2D eigenvalue weighted by atomic mass is 9.98. The summed E-state index contributed by atoms with van der Waals surface area (Å²) in [6.45, 7) is 17.5. The first-order valence-corrected chi connectivity index (χ1v) is 12.4. The normalized spacial score (nSPS) is 14.9. The van der Waals surface area contributed by atoms with E-state index in [0.29, 0.717) is 0 Å². The van der Waals surface area contributed by atoms with Gasteiger partial charge >= 0.3 is 12.1 Å². The monoisotopic (exact) mass is 409 g/mol. The van der Waals surface area contributed by atoms with Gasteiger partial charge in [-0.25, -0.2) is 9.59 Å². The fraction of sp³-hybridized carbons (Fsp3) is 0.619. The van der Waals surface area contributed by atoms with E-state index in [9.17, 15) is 14.7 Å². The largest absolute Gasteiger partial charge is 0.480 e. The molecule has 6 nitrogen and oxygen atoms in total. The molecule has 158 valence electrons. The van der Waals surface area contributed by atoms with Crippen molar-refractivity contribution >= 4 is 20.4 Å². The van der Waals surface area contributed by atoms with E-state index in [1.807, 2.05) is 31.2 Å². The van der Waals surface area contributed by atoms with Gasteiger partial charge in [-0.15, -0.1) is 0 Å². The van der Waals surface area contributed by atoms with Crippen LogP contribution < -0.4 is 5.32 Å². The number of alkyl carbamates (subject to hydrolysis) is 1. The summed E-state index contributed by atoms with van der Waals surface area (Å²) in [5.41, 5.74) is 0.921. The van der Waals surface area contributed by atoms with Gasteiger partial charge in [0.25, 0.3) is 0 Å². The Labute approximate surface area is 169 Å². The topological polar surface area (TPSA) is 84.9 Å². The molecule has 1 amide bonds. The van der Waals surface area contributed by atoms with Crippen LogP contribution in [0.1, 0.15) is 58.8 Å². The number of hydrogen-bond acceptors (Lipinski definition) is 4. The molecule has 0 saturated heterocycles. The molecule has 2 N–H and O–H groups in total. The Balaban J connectivity index is 3.36. The first-order valence-electron chi connectivity index (χ1n) is 9.51. The number of ether oxygens (including phenoxy) is 1. The molecule has 0 bridgehead atoms. The average Bonchev–Trinajstić information content (AvgIpc) is 2.48. The van der Waals surface area contributed by atoms with Crippen molar-refractivity contribution in [1.82, 2.24) is 5.32 Å². The molecule has 0 unspecified atom stereocenters. The Morgan fingerprint density at radius 3 is 2.04 bits per heavy atom. The summed E-state index contributed by atoms with van der Waals surface area (Å²) in [6.07, 6.45) is -1.61. The summed E-state index contributed by atoms with van der Waals surface area (Å²) in [5.74, 6) is -1.17. The molecule has 1 aromatic rings. The molecular weight excluding hydrogens is 374 g/mol. The summed E-state index contributed by atoms with van der Waals surface area (Å²) >= 11 is 0. The van der Waals surface area contributed by atoms with Crippen molar-refractivity contribution in [3.05, 3.63) is 35.4 Å². The molecule has 0 aliphatic carbocycles. The van der Waals surface area contributed by atoms with E-state index in [1.165, 1.54) is 0 Å². The highest BCUT2D eigenvalue weighted by atomic mass is 28.4. The lowest BCUT2D eigenvalue weighted by Gasteiger charge is -2.41. The van der Waals surface area contributed by atoms with Crippen molar-refractivity contribution in [2.24, 2.45) is 0 Å². The van der Waals surface area contributed by atoms with Crippen molar-refractivity contribution in [2.75, 3.05) is 0 Å². The molecule has 0 heterocycles. The molecule has 0 fully saturated rings. The number of hydrogen-bond donors (Lipinski definition) is 2. The van der Waals surface area contributed by atoms with Crippen molar-refractivity contribution in [3.63, 3.8) is 0 Å². The van der Waals surface area contributed by atoms with Crippen molar-refractivity contribution in [3.8, 4) is 0 Å². The van der Waals surface area contributed by atoms with Crippen LogP contribution in [0, 0.1) is 6.92 Å². The van der Waals surface area contributed by atoms with Crippen molar-refractivity contribution in [2.45, 2.75) is 84.3 Å². The van der Waals surface area contributed by atoms with Gasteiger partial charge in [0, 0.05) is 0 Å². The molecule has 1 aromatic carbocycles. The number of carboxylic acid groups (broad SMARTS) is 1. The second-order valence-electron chi connectivity index (χ2n) is 9.62. The van der Waals surface area contributed by atoms with Gasteiger partial charge in [0.1, 0.15) is 11.7 Å². The first-order chi connectivity index (χ1) is 12.5. The molecule has 0 aliphatic heterocycles. The van der Waals surface area contributed by atoms with Crippen LogP contribution >= 0.6 is 0 Å². The van der Waals surface area contributed by atoms with Crippen LogP contribution in [0.4, 0.5) is 4.79 Å². The molecule has 0 radical (unpaired) electrons. The smallest absolute Gasteiger partial charge is 0.408 e. The van der Waals surface area contributed by atoms with Gasteiger partial charge < -0.3 is 19.6 Å². The third-order valence-corrected chi connectivity index (χ3v) is 9.42. The molecule has 0 saturated carbocycles. The van der Waals surface area contributed by atoms with Crippen LogP contribution in [-0.4, -0.2) is 37.1 Å². The maximum Gasteiger partial charge on any atom is 0.408 e. The zero-order valence-electron chi connectivity index (χ0n) is 18.5. The molecule has 0 aromatic heterocycles. The maximum atomic E-state index is 12.3. The van der Waals surface area contributed by atoms with E-state index < -0.39 is 38.1 Å². The summed E-state index contributed by atoms with van der Waals surface area (Å²) in [7, 11) is -2.34. The molecule has 7 heteroatoms. The third kappa shape index (κ3) is 6.63. The average molecular weight is 410 g/mol. The number of carbonyl (C=O) groups is 2. The molecule has 0 spiro atoms. The van der Waals surface area contributed by atoms with Crippen LogP contribution in [0.2, 0.25) is 18.1 Å². The molecule has 28 heavy (non-hydrogen) atoms. The minimum atomic E-state index is -2.34. The number of aryl methyl sites for hydroxylation is 1. The SMILES string of the molecule is Cc1ccccc1[C@@H](O[Si](C)(C)C(C)(C)C)[C@@H](NC(=O)OC(C)(C)C)C(=O)O. The minimum absolute atomic E-state index is 0.122. The van der Waals surface area contributed by atoms with Crippen LogP contribution in [0.5, 0.6) is 0 Å². The van der Waals surface area contributed by atoms with Crippen molar-refractivity contribution in [1.29, 1.82) is 0 Å². The summed E-state index contributed by atoms with van der Waals surface area (Å²) < 4.78 is 11.8. The molecular formula is C21H35NO5Si. The van der Waals surface area contributed by atoms with Crippen molar-refractivity contribution < 1.29 is 23.9 Å². The number of rotatable bonds is 6. The van der Waals surface area contributed by atoms with Gasteiger partial charge in [0.05, 0.1) is 0 Å². The predicted octanol–water partition coefficient (Wildman–Crippen LogP) is 5.04. The molecule has 2 atom stereocenters. The number of carbonyl (C=O) groups excluding carboxylic acids is 1. The highest BCUT2D eigenvalue weighted by Gasteiger charge is 2.43. The maximum absolute atomic E-state index is 12.3. The van der Waals surface area contributed by atoms with E-state index in [-0.39, 0.29) is 5.04 Å². The number of aliphatic carboxylic acids is 1. The van der Waals surface area contributed by atoms with Gasteiger partial charge in [-0.3, -0.25) is 0 Å². The Bertz CT molecular complexity index is 703. The number of amides is 1. The minimum Gasteiger partial charge on any atom is -0.480 e. The second-order valence-corrected chi connectivity index (χ2v) is 14.4. The van der Waals surface area contributed by atoms with Gasteiger partial charge in [0.15, 0.2) is 14.4 Å². The second kappa shape index (κ2) is 8.65. The lowest BCUT2D eigenvalue weighted by molar-refractivity contribution is -0.142. The zero-order chi connectivity index (χ0) is 21.9. The number of benzene rings is 1. The Morgan fingerprint density at radius 1 is 1.07 bits per heavy atom. The summed E-state index contributed by atoms with van der Waals surface area (Å²) in [4.78, 5) is 24.4. The fourth-order valence-electron chi connectivity index (χ4n) is 2.41. The quantitative estimate of drug-likeness (QED) is 0.643. The van der Waals surface area contributed by atoms with E-state index in [4.69, 9.17) is 9.16 Å². The van der Waals surface area contributed by atoms with Crippen LogP contribution in [0.25, 0.3) is 0 Å². The Hall–Kier alpha value is -1.86. The van der Waals surface area contributed by atoms with E-state index in [2.05, 4.69) is 39.2 Å². The zero-order valence-corrected chi connectivity index (χ0v) is 19.5. The number of nitrogens with one attached hydrogen (secondary N) is 1. The predicted molar refractivity (Wildman–Crippen MR) is 113 cm³/mol. The van der Waals surface area contributed by atoms with Gasteiger partial charge in [0.2, 0.25) is 0 Å². The van der Waals surface area contributed by atoms with E-state index in [0.717, 1.165) is 11.1 Å². The highest BCUT2D eigenvalue weighted by molar-refractivity contribution is 6.74. The standard InChI is InChI=1S/C21H35NO5Si/c1-14-12-10-11-13-15(14)17(27-28(8,9)21(5,6)7)16(18(23)24)22-19(25)26-20(2,3)4/h10-13,16-17H,1-9H3,(H,22,25)(H,23,24)/t16-,17-/m1/s1. The summed E-state index contributed by atoms with van der Waals surface area (Å²) in [5, 5.41) is 12.3. The van der Waals surface area contributed by atoms with E-state index in [1.54, 1.807) is 20.8 Å². The Morgan fingerprint density at radius 2 is 1.61 bits per heavy atom. The molecule has 0 aliphatic rings. The van der Waals surface area contributed by atoms with Crippen LogP contribution in [0.3, 0.4) is 0 Å². The number of carboxylic acids is 1. The Kier molecular flexibility index (Phi) is 7.47. The summed E-state index contributed by atoms with van der Waals surface area (Å²) in [6, 6.07) is 6.21. The fourth-order valence-corrected chi connectivity index (χ4v) is 3.66. The molecule has 1 rings (SSSR count). The van der Waals surface area contributed by atoms with Gasteiger partial charge in [-0.1, -0.05) is 45.0 Å². The highest BCUT2D eigenvalue weighted by Crippen LogP contribution is 2.41. The van der Waals surface area contributed by atoms with Gasteiger partial charge in [-0.05, 0) is 57.0 Å². The third-order valence-electron chi connectivity index (χ3n) is 4.96.